The second-order valence-electron chi connectivity index (χ2n) is 31.7. The van der Waals surface area contributed by atoms with Crippen LogP contribution >= 0.6 is 0 Å². The molecule has 7 rings (SSSR count). The van der Waals surface area contributed by atoms with E-state index in [9.17, 15) is 126 Å². The van der Waals surface area contributed by atoms with Crippen molar-refractivity contribution in [2.75, 3.05) is 19.6 Å². The Morgan fingerprint density at radius 3 is 1.31 bits per heavy atom. The first-order chi connectivity index (χ1) is 63.7. The SMILES string of the molecule is CC[C@H](C)[C@H](NC(=O)[C@H](CCC(=O)O)NC(=O)[C@H](C)NC(=O)[C@H](Cc1c[nH]cn1)NC(=O)[C@H](C)NC(=O)[C@H](C)NC(=O)[C@H](Cc1c[nH]cn1)NC(=O)CNC(=O)[C@H](C)NC(=O)[C@H](CCC(N)=O)NC(=O)c1ccc2c(c1)C1(OC2=O)c2ccc(O)cc2Oc2cc(O)ccc21)C(=O)N[C@@H](CC(N)=O)C(=O)N[C@@H](CCC(=O)O)C(=O)N[C@@H](C)C(=O)NCC(=O)N[C@@H](CCCNC(=N)N)C(=O)O. The first-order valence-corrected chi connectivity index (χ1v) is 42.2. The summed E-state index contributed by atoms with van der Waals surface area (Å²) in [6, 6.07) is -9.09. The lowest BCUT2D eigenvalue weighted by Crippen LogP contribution is -2.61. The molecule has 30 N–H and O–H groups in total. The summed E-state index contributed by atoms with van der Waals surface area (Å²) in [5, 5.41) is 94.4. The standard InChI is InChI=1S/C83H108N24O28/c1-8-36(2)66(79(130)106-57(29-61(85)111)78(129)104-52(18-21-64(114)115)74(125)97-38(4)67(118)91-32-62(112)100-54(80(131)132)10-9-23-90-82(86)87)107-75(126)53(19-22-65(116)117)102-70(121)41(7)99-77(128)56(26-44-31-89-35-94-44)105-71(122)40(6)95-69(120)39(5)98-76(127)55(25-43-30-88-34-93-43)101-63(113)33-92-68(119)37(3)96-73(124)51(17-20-60(84)110)103-72(123)42-11-14-47-50(24-42)83(135-81(47)133)48-15-12-45(108)27-58(48)134-59-28-46(109)13-16-49(59)83/h11-16,24,27-28,30-31,34-41,51-57,66,108-109H,8-10,17-23,25-26,29,32-33H2,1-7H3,(H2,84,110)(H2,85,111)(H,88,93)(H,89,94)(H,91,118)(H,92,119)(H,95,120)(H,96,124)(H,97,125)(H,98,127)(H,99,128)(H,100,112)(H,101,113)(H,102,121)(H,103,123)(H,104,129)(H,105,122)(H,106,130)(H,107,126)(H,114,115)(H,116,117)(H,131,132)(H4,86,87,90)/t36-,37-,38-,39-,40-,41-,51-,52-,53-,54-,55-,56-,57-,66-/m0/s1. The number of amides is 17. The average molecular weight is 1890 g/mol. The van der Waals surface area contributed by atoms with Crippen LogP contribution in [0, 0.1) is 11.3 Å². The predicted molar refractivity (Wildman–Crippen MR) is 464 cm³/mol. The number of nitrogens with zero attached hydrogens (tertiary/aromatic N) is 2. The molecule has 0 radical (unpaired) electrons. The molecule has 0 fully saturated rings. The van der Waals surface area contributed by atoms with E-state index in [4.69, 9.17) is 32.1 Å². The van der Waals surface area contributed by atoms with Gasteiger partial charge in [0.05, 0.1) is 49.1 Å². The summed E-state index contributed by atoms with van der Waals surface area (Å²) in [5.41, 5.74) is 15.3. The van der Waals surface area contributed by atoms with Crippen molar-refractivity contribution in [1.29, 1.82) is 5.41 Å². The number of carbonyl (C=O) groups excluding carboxylic acids is 18. The Labute approximate surface area is 767 Å². The molecular weight excluding hydrogens is 1780 g/mol. The molecule has 0 aliphatic carbocycles. The first-order valence-electron chi connectivity index (χ1n) is 42.2. The number of fused-ring (bicyclic) bond motifs is 6. The van der Waals surface area contributed by atoms with E-state index in [1.807, 2.05) is 0 Å². The van der Waals surface area contributed by atoms with Crippen LogP contribution in [0.4, 0.5) is 0 Å². The molecule has 52 nitrogen and oxygen atoms in total. The summed E-state index contributed by atoms with van der Waals surface area (Å²) in [7, 11) is 0. The van der Waals surface area contributed by atoms with Crippen LogP contribution in [0.15, 0.2) is 79.6 Å². The number of hydrogen-bond donors (Lipinski definition) is 27. The zero-order valence-electron chi connectivity index (χ0n) is 73.9. The molecule has 2 aliphatic heterocycles. The molecular formula is C83H108N24O28. The van der Waals surface area contributed by atoms with Crippen molar-refractivity contribution in [2.45, 2.75) is 210 Å². The number of aromatic nitrogens is 4. The Morgan fingerprint density at radius 2 is 0.859 bits per heavy atom. The summed E-state index contributed by atoms with van der Waals surface area (Å²) < 4.78 is 12.1. The van der Waals surface area contributed by atoms with Gasteiger partial charge in [-0.1, -0.05) is 20.3 Å². The summed E-state index contributed by atoms with van der Waals surface area (Å²) in [6.07, 6.45) is -0.0725. The number of hydrogen-bond acceptors (Lipinski definition) is 28. The van der Waals surface area contributed by atoms with Crippen LogP contribution < -0.4 is 107 Å². The minimum atomic E-state index is -1.99. The van der Waals surface area contributed by atoms with Crippen LogP contribution in [0.5, 0.6) is 23.0 Å². The lowest BCUT2D eigenvalue weighted by atomic mass is 9.77. The number of phenolic OH excluding ortho intramolecular Hbond substituents is 2. The number of carboxylic acid groups (broad SMARTS) is 3. The number of ether oxygens (including phenoxy) is 2. The molecule has 17 amide bonds. The highest BCUT2D eigenvalue weighted by atomic mass is 16.6. The third-order valence-electron chi connectivity index (χ3n) is 21.2. The number of nitrogens with two attached hydrogens (primary N) is 3. The summed E-state index contributed by atoms with van der Waals surface area (Å²) in [5.74, 6) is -24.8. The third kappa shape index (κ3) is 30.9. The Bertz CT molecular complexity index is 5250. The number of H-pyrrole nitrogens is 2. The van der Waals surface area contributed by atoms with Gasteiger partial charge in [0.15, 0.2) is 11.6 Å². The lowest BCUT2D eigenvalue weighted by molar-refractivity contribution is -0.142. The molecule has 1 spiro atoms. The van der Waals surface area contributed by atoms with Gasteiger partial charge in [0, 0.05) is 85.4 Å². The Kier molecular flexibility index (Phi) is 38.4. The van der Waals surface area contributed by atoms with Gasteiger partial charge < -0.3 is 147 Å². The van der Waals surface area contributed by atoms with E-state index >= 15 is 0 Å². The minimum Gasteiger partial charge on any atom is -0.508 e. The number of phenols is 2. The van der Waals surface area contributed by atoms with Crippen LogP contribution in [0.1, 0.15) is 161 Å². The van der Waals surface area contributed by atoms with Crippen molar-refractivity contribution in [3.05, 3.63) is 119 Å². The van der Waals surface area contributed by atoms with Gasteiger partial charge >= 0.3 is 23.9 Å². The molecule has 2 aliphatic rings. The van der Waals surface area contributed by atoms with Crippen molar-refractivity contribution >= 4 is 130 Å². The number of aliphatic carboxylic acids is 3. The van der Waals surface area contributed by atoms with Crippen LogP contribution in [0.25, 0.3) is 0 Å². The number of primary amides is 2. The number of guanidine groups is 1. The lowest BCUT2D eigenvalue weighted by Gasteiger charge is -2.36. The van der Waals surface area contributed by atoms with Gasteiger partial charge in [0.25, 0.3) is 5.91 Å². The fourth-order valence-electron chi connectivity index (χ4n) is 13.7. The van der Waals surface area contributed by atoms with Gasteiger partial charge in [0.1, 0.15) is 102 Å². The largest absolute Gasteiger partial charge is 0.508 e. The van der Waals surface area contributed by atoms with E-state index in [1.165, 1.54) is 107 Å². The molecule has 52 heteroatoms. The fraction of sp³-hybridized carbons (Fsp3) is 0.446. The van der Waals surface area contributed by atoms with E-state index in [-0.39, 0.29) is 107 Å². The number of imidazole rings is 2. The highest BCUT2D eigenvalue weighted by Gasteiger charge is 2.54. The molecule has 0 bridgehead atoms. The number of aromatic hydroxyl groups is 2. The number of rotatable bonds is 52. The highest BCUT2D eigenvalue weighted by molar-refractivity contribution is 6.04. The summed E-state index contributed by atoms with van der Waals surface area (Å²) in [6.45, 7) is 7.38. The van der Waals surface area contributed by atoms with E-state index in [0.717, 1.165) is 13.8 Å². The van der Waals surface area contributed by atoms with E-state index < -0.39 is 272 Å². The Hall–Kier alpha value is -16.4. The maximum Gasteiger partial charge on any atom is 0.340 e. The van der Waals surface area contributed by atoms with Crippen LogP contribution in [-0.4, -0.2) is 274 Å². The molecule has 4 heterocycles. The van der Waals surface area contributed by atoms with Crippen molar-refractivity contribution in [3.63, 3.8) is 0 Å². The van der Waals surface area contributed by atoms with Gasteiger partial charge in [-0.15, -0.1) is 0 Å². The first kappa shape index (κ1) is 106. The van der Waals surface area contributed by atoms with E-state index in [2.05, 4.69) is 105 Å². The number of esters is 1. The Morgan fingerprint density at radius 1 is 0.444 bits per heavy atom. The Balaban J connectivity index is 0.931. The molecule has 728 valence electrons. The number of nitrogens with one attached hydrogen (secondary N) is 19. The second-order valence-corrected chi connectivity index (χ2v) is 31.7. The second kappa shape index (κ2) is 49.0. The molecule has 0 saturated carbocycles. The van der Waals surface area contributed by atoms with Gasteiger partial charge in [-0.05, 0) is 115 Å². The molecule has 0 saturated heterocycles. The number of carbonyl (C=O) groups is 21. The normalized spacial score (nSPS) is 15.0. The number of aromatic amines is 2. The van der Waals surface area contributed by atoms with Crippen molar-refractivity contribution in [3.8, 4) is 23.0 Å². The molecule has 14 atom stereocenters. The third-order valence-corrected chi connectivity index (χ3v) is 21.2. The molecule has 5 aromatic rings. The predicted octanol–water partition coefficient (Wildman–Crippen LogP) is -6.89. The number of benzene rings is 3. The van der Waals surface area contributed by atoms with Crippen molar-refractivity contribution in [2.24, 2.45) is 23.1 Å². The maximum atomic E-state index is 14.3. The van der Waals surface area contributed by atoms with Crippen LogP contribution in [-0.2, 0) is 114 Å². The molecule has 2 aromatic heterocycles. The van der Waals surface area contributed by atoms with Crippen molar-refractivity contribution in [1.82, 2.24) is 105 Å². The molecule has 135 heavy (non-hydrogen) atoms. The van der Waals surface area contributed by atoms with Crippen LogP contribution in [0.3, 0.4) is 0 Å². The average Bonchev–Trinajstić information content (AvgIpc) is 1.60. The van der Waals surface area contributed by atoms with Gasteiger partial charge in [-0.2, -0.15) is 0 Å². The molecule has 0 unspecified atom stereocenters. The summed E-state index contributed by atoms with van der Waals surface area (Å²) in [4.78, 5) is 294. The van der Waals surface area contributed by atoms with Gasteiger partial charge in [0.2, 0.25) is 94.5 Å². The summed E-state index contributed by atoms with van der Waals surface area (Å²) >= 11 is 0. The van der Waals surface area contributed by atoms with E-state index in [0.29, 0.717) is 0 Å². The zero-order chi connectivity index (χ0) is 100.0. The maximum absolute atomic E-state index is 14.3. The zero-order valence-corrected chi connectivity index (χ0v) is 73.9. The number of carboxylic acids is 3. The van der Waals surface area contributed by atoms with Crippen molar-refractivity contribution < 1.29 is 136 Å². The fourth-order valence-corrected chi connectivity index (χ4v) is 13.7. The van der Waals surface area contributed by atoms with Gasteiger partial charge in [-0.3, -0.25) is 96.5 Å². The van der Waals surface area contributed by atoms with E-state index in [1.54, 1.807) is 6.92 Å². The van der Waals surface area contributed by atoms with Gasteiger partial charge in [-0.25, -0.2) is 19.6 Å². The topological polar surface area (TPSA) is 830 Å². The highest BCUT2D eigenvalue weighted by Crippen LogP contribution is 2.57. The smallest absolute Gasteiger partial charge is 0.340 e. The monoisotopic (exact) mass is 1890 g/mol. The minimum absolute atomic E-state index is 0.0288. The molecule has 3 aromatic carbocycles. The quantitative estimate of drug-likeness (QED) is 0.00745. The van der Waals surface area contributed by atoms with Crippen LogP contribution in [0.2, 0.25) is 0 Å².